The van der Waals surface area contributed by atoms with Gasteiger partial charge in [0.05, 0.1) is 16.1 Å². The highest BCUT2D eigenvalue weighted by atomic mass is 35.5. The van der Waals surface area contributed by atoms with Gasteiger partial charge < -0.3 is 10.7 Å². The van der Waals surface area contributed by atoms with E-state index in [2.05, 4.69) is 4.98 Å². The van der Waals surface area contributed by atoms with Crippen LogP contribution in [0.1, 0.15) is 16.1 Å². The van der Waals surface area contributed by atoms with Crippen LogP contribution in [0.15, 0.2) is 12.1 Å². The van der Waals surface area contributed by atoms with Gasteiger partial charge in [-0.05, 0) is 19.1 Å². The molecule has 5 heteroatoms. The number of aromatic nitrogens is 1. The van der Waals surface area contributed by atoms with E-state index in [1.807, 2.05) is 0 Å². The Balaban J connectivity index is 2.92. The topological polar surface area (TPSA) is 58.9 Å². The van der Waals surface area contributed by atoms with Crippen molar-refractivity contribution in [3.8, 4) is 0 Å². The molecule has 0 aliphatic heterocycles. The molecule has 2 aromatic rings. The highest BCUT2D eigenvalue weighted by Gasteiger charge is 2.14. The summed E-state index contributed by atoms with van der Waals surface area (Å²) >= 11 is 5.94. The Bertz CT molecular complexity index is 562. The van der Waals surface area contributed by atoms with Gasteiger partial charge in [-0.1, -0.05) is 11.6 Å². The molecule has 3 nitrogen and oxygen atoms in total. The average Bonchev–Trinajstić information content (AvgIpc) is 2.43. The van der Waals surface area contributed by atoms with Gasteiger partial charge >= 0.3 is 0 Å². The standard InChI is InChI=1S/C10H8ClFN2O/c1-4-8(11)6-2-5(12)3-7(10(13)15)9(6)14-4/h2-3,14H,1H3,(H2,13,15). The van der Waals surface area contributed by atoms with Gasteiger partial charge in [0.25, 0.3) is 5.91 Å². The normalized spacial score (nSPS) is 10.9. The van der Waals surface area contributed by atoms with Crippen LogP contribution in [0.25, 0.3) is 10.9 Å². The zero-order valence-corrected chi connectivity index (χ0v) is 8.65. The molecule has 0 radical (unpaired) electrons. The predicted octanol–water partition coefficient (Wildman–Crippen LogP) is 2.37. The van der Waals surface area contributed by atoms with Crippen molar-refractivity contribution in [2.75, 3.05) is 0 Å². The zero-order chi connectivity index (χ0) is 11.2. The molecule has 1 aromatic heterocycles. The number of nitrogens with one attached hydrogen (secondary N) is 1. The molecule has 2 rings (SSSR count). The number of aryl methyl sites for hydroxylation is 1. The van der Waals surface area contributed by atoms with Crippen molar-refractivity contribution in [3.05, 3.63) is 34.2 Å². The molecule has 78 valence electrons. The number of hydrogen-bond acceptors (Lipinski definition) is 1. The summed E-state index contributed by atoms with van der Waals surface area (Å²) in [7, 11) is 0. The van der Waals surface area contributed by atoms with Crippen molar-refractivity contribution in [2.45, 2.75) is 6.92 Å². The zero-order valence-electron chi connectivity index (χ0n) is 7.90. The molecule has 0 atom stereocenters. The Kier molecular flexibility index (Phi) is 2.16. The van der Waals surface area contributed by atoms with E-state index >= 15 is 0 Å². The third kappa shape index (κ3) is 1.47. The van der Waals surface area contributed by atoms with Gasteiger partial charge in [0.2, 0.25) is 0 Å². The molecule has 0 aliphatic carbocycles. The van der Waals surface area contributed by atoms with Crippen molar-refractivity contribution in [3.63, 3.8) is 0 Å². The van der Waals surface area contributed by atoms with Crippen LogP contribution in [0.2, 0.25) is 5.02 Å². The summed E-state index contributed by atoms with van der Waals surface area (Å²) in [6.07, 6.45) is 0. The highest BCUT2D eigenvalue weighted by molar-refractivity contribution is 6.36. The van der Waals surface area contributed by atoms with E-state index in [4.69, 9.17) is 17.3 Å². The molecule has 1 heterocycles. The molecule has 0 saturated carbocycles. The molecule has 15 heavy (non-hydrogen) atoms. The minimum atomic E-state index is -0.683. The fourth-order valence-electron chi connectivity index (χ4n) is 1.55. The molecule has 1 aromatic carbocycles. The third-order valence-corrected chi connectivity index (χ3v) is 2.73. The Morgan fingerprint density at radius 1 is 1.53 bits per heavy atom. The second-order valence-electron chi connectivity index (χ2n) is 3.30. The smallest absolute Gasteiger partial charge is 0.250 e. The summed E-state index contributed by atoms with van der Waals surface area (Å²) in [6, 6.07) is 2.37. The first kappa shape index (κ1) is 9.98. The minimum Gasteiger partial charge on any atom is -0.366 e. The number of aromatic amines is 1. The van der Waals surface area contributed by atoms with Crippen LogP contribution in [0.4, 0.5) is 4.39 Å². The fourth-order valence-corrected chi connectivity index (χ4v) is 1.75. The number of hydrogen-bond donors (Lipinski definition) is 2. The van der Waals surface area contributed by atoms with Crippen LogP contribution >= 0.6 is 11.6 Å². The van der Waals surface area contributed by atoms with Crippen molar-refractivity contribution in [2.24, 2.45) is 5.73 Å². The number of fused-ring (bicyclic) bond motifs is 1. The first-order chi connectivity index (χ1) is 7.00. The van der Waals surface area contributed by atoms with Gasteiger partial charge in [-0.15, -0.1) is 0 Å². The molecule has 0 bridgehead atoms. The number of carbonyl (C=O) groups is 1. The summed E-state index contributed by atoms with van der Waals surface area (Å²) in [4.78, 5) is 14.0. The minimum absolute atomic E-state index is 0.111. The summed E-state index contributed by atoms with van der Waals surface area (Å²) in [5.41, 5.74) is 6.41. The van der Waals surface area contributed by atoms with Crippen LogP contribution in [0, 0.1) is 12.7 Å². The number of halogens is 2. The number of rotatable bonds is 1. The average molecular weight is 227 g/mol. The lowest BCUT2D eigenvalue weighted by Gasteiger charge is -1.98. The summed E-state index contributed by atoms with van der Waals surface area (Å²) in [5.74, 6) is -1.21. The quantitative estimate of drug-likeness (QED) is 0.771. The first-order valence-corrected chi connectivity index (χ1v) is 4.65. The summed E-state index contributed by atoms with van der Waals surface area (Å²) in [5, 5.41) is 0.884. The van der Waals surface area contributed by atoms with Crippen molar-refractivity contribution >= 4 is 28.4 Å². The van der Waals surface area contributed by atoms with E-state index in [1.165, 1.54) is 6.07 Å². The molecule has 0 fully saturated rings. The number of nitrogens with two attached hydrogens (primary N) is 1. The van der Waals surface area contributed by atoms with E-state index < -0.39 is 11.7 Å². The maximum atomic E-state index is 13.2. The molecule has 0 spiro atoms. The van der Waals surface area contributed by atoms with Gasteiger partial charge in [-0.2, -0.15) is 0 Å². The molecule has 1 amide bonds. The van der Waals surface area contributed by atoms with Crippen molar-refractivity contribution in [1.82, 2.24) is 4.98 Å². The number of primary amides is 1. The van der Waals surface area contributed by atoms with Gasteiger partial charge in [-0.25, -0.2) is 4.39 Å². The van der Waals surface area contributed by atoms with Crippen LogP contribution in [-0.4, -0.2) is 10.9 Å². The molecule has 0 aliphatic rings. The van der Waals surface area contributed by atoms with Gasteiger partial charge in [0.1, 0.15) is 5.82 Å². The molecule has 0 unspecified atom stereocenters. The van der Waals surface area contributed by atoms with Gasteiger partial charge in [0, 0.05) is 11.1 Å². The predicted molar refractivity (Wildman–Crippen MR) is 56.5 cm³/mol. The Labute approximate surface area is 90.0 Å². The largest absolute Gasteiger partial charge is 0.366 e. The second-order valence-corrected chi connectivity index (χ2v) is 3.68. The highest BCUT2D eigenvalue weighted by Crippen LogP contribution is 2.29. The fraction of sp³-hybridized carbons (Fsp3) is 0.100. The summed E-state index contributed by atoms with van der Waals surface area (Å²) in [6.45, 7) is 1.74. The van der Waals surface area contributed by atoms with E-state index in [-0.39, 0.29) is 5.56 Å². The van der Waals surface area contributed by atoms with E-state index in [0.717, 1.165) is 6.07 Å². The van der Waals surface area contributed by atoms with Crippen LogP contribution < -0.4 is 5.73 Å². The number of benzene rings is 1. The summed E-state index contributed by atoms with van der Waals surface area (Å²) < 4.78 is 13.2. The number of H-pyrrole nitrogens is 1. The van der Waals surface area contributed by atoms with Crippen LogP contribution in [-0.2, 0) is 0 Å². The van der Waals surface area contributed by atoms with E-state index in [9.17, 15) is 9.18 Å². The van der Waals surface area contributed by atoms with Gasteiger partial charge in [-0.3, -0.25) is 4.79 Å². The van der Waals surface area contributed by atoms with Crippen LogP contribution in [0.5, 0.6) is 0 Å². The van der Waals surface area contributed by atoms with Gasteiger partial charge in [0.15, 0.2) is 0 Å². The number of carbonyl (C=O) groups excluding carboxylic acids is 1. The first-order valence-electron chi connectivity index (χ1n) is 4.28. The maximum Gasteiger partial charge on any atom is 0.250 e. The monoisotopic (exact) mass is 226 g/mol. The van der Waals surface area contributed by atoms with Crippen LogP contribution in [0.3, 0.4) is 0 Å². The third-order valence-electron chi connectivity index (χ3n) is 2.25. The molecule has 3 N–H and O–H groups in total. The lowest BCUT2D eigenvalue weighted by atomic mass is 10.1. The lowest BCUT2D eigenvalue weighted by Crippen LogP contribution is -2.11. The molecule has 0 saturated heterocycles. The number of amides is 1. The van der Waals surface area contributed by atoms with Crippen molar-refractivity contribution < 1.29 is 9.18 Å². The maximum absolute atomic E-state index is 13.2. The molecular weight excluding hydrogens is 219 g/mol. The lowest BCUT2D eigenvalue weighted by molar-refractivity contribution is 0.100. The van der Waals surface area contributed by atoms with Crippen molar-refractivity contribution in [1.29, 1.82) is 0 Å². The Hall–Kier alpha value is -1.55. The SMILES string of the molecule is Cc1[nH]c2c(C(N)=O)cc(F)cc2c1Cl. The van der Waals surface area contributed by atoms with E-state index in [0.29, 0.717) is 21.6 Å². The Morgan fingerprint density at radius 2 is 2.20 bits per heavy atom. The second kappa shape index (κ2) is 3.24. The molecular formula is C10H8ClFN2O. The van der Waals surface area contributed by atoms with E-state index in [1.54, 1.807) is 6.92 Å². The Morgan fingerprint density at radius 3 is 2.80 bits per heavy atom.